The molecule has 3 aromatic carbocycles. The number of carbonyl (C=O) groups is 2. The summed E-state index contributed by atoms with van der Waals surface area (Å²) in [4.78, 5) is 24.5. The lowest BCUT2D eigenvalue weighted by Gasteiger charge is -2.10. The monoisotopic (exact) mass is 393 g/mol. The summed E-state index contributed by atoms with van der Waals surface area (Å²) in [5.74, 6) is -0.595. The Bertz CT molecular complexity index is 1080. The predicted molar refractivity (Wildman–Crippen MR) is 113 cm³/mol. The van der Waals surface area contributed by atoms with Gasteiger partial charge in [0.2, 0.25) is 5.91 Å². The normalized spacial score (nSPS) is 11.2. The van der Waals surface area contributed by atoms with Crippen LogP contribution in [0.25, 0.3) is 10.8 Å². The van der Waals surface area contributed by atoms with Gasteiger partial charge in [0.05, 0.1) is 0 Å². The maximum absolute atomic E-state index is 12.3. The van der Waals surface area contributed by atoms with Crippen LogP contribution in [0.4, 0.5) is 5.69 Å². The van der Waals surface area contributed by atoms with Gasteiger partial charge in [0.25, 0.3) is 5.91 Å². The van der Waals surface area contributed by atoms with E-state index in [1.807, 2.05) is 43.3 Å². The average Bonchev–Trinajstić information content (AvgIpc) is 2.68. The van der Waals surface area contributed by atoms with E-state index < -0.39 is 0 Å². The number of nitrogens with one attached hydrogen (secondary N) is 3. The Balaban J connectivity index is 1.59. The van der Waals surface area contributed by atoms with Crippen LogP contribution in [0.15, 0.2) is 72.4 Å². The number of rotatable bonds is 5. The van der Waals surface area contributed by atoms with E-state index in [4.69, 9.17) is 11.6 Å². The van der Waals surface area contributed by atoms with Crippen molar-refractivity contribution in [3.05, 3.63) is 88.6 Å². The molecular formula is C22H20ClN3O2. The molecule has 3 rings (SSSR count). The van der Waals surface area contributed by atoms with Crippen molar-refractivity contribution in [2.75, 3.05) is 5.32 Å². The Hall–Kier alpha value is -3.31. The second-order valence-electron chi connectivity index (χ2n) is 6.42. The Morgan fingerprint density at radius 3 is 2.43 bits per heavy atom. The van der Waals surface area contributed by atoms with Crippen molar-refractivity contribution in [3.8, 4) is 0 Å². The molecule has 0 fully saturated rings. The van der Waals surface area contributed by atoms with Gasteiger partial charge in [-0.1, -0.05) is 41.9 Å². The molecule has 142 valence electrons. The van der Waals surface area contributed by atoms with Gasteiger partial charge in [0, 0.05) is 28.0 Å². The van der Waals surface area contributed by atoms with Crippen LogP contribution >= 0.6 is 11.6 Å². The Morgan fingerprint density at radius 1 is 0.929 bits per heavy atom. The number of allylic oxidation sites excluding steroid dienone is 1. The molecule has 0 radical (unpaired) electrons. The molecule has 3 aromatic rings. The topological polar surface area (TPSA) is 70.2 Å². The van der Waals surface area contributed by atoms with E-state index in [0.717, 1.165) is 16.3 Å². The number of hydrogen-bond donors (Lipinski definition) is 3. The first-order valence-electron chi connectivity index (χ1n) is 8.73. The van der Waals surface area contributed by atoms with Crippen molar-refractivity contribution in [2.24, 2.45) is 0 Å². The largest absolute Gasteiger partial charge is 0.322 e. The van der Waals surface area contributed by atoms with Crippen molar-refractivity contribution in [1.82, 2.24) is 10.9 Å². The van der Waals surface area contributed by atoms with Crippen LogP contribution < -0.4 is 16.2 Å². The highest BCUT2D eigenvalue weighted by atomic mass is 35.5. The number of hydrogen-bond acceptors (Lipinski definition) is 3. The summed E-state index contributed by atoms with van der Waals surface area (Å²) in [7, 11) is 0. The van der Waals surface area contributed by atoms with Gasteiger partial charge in [0.15, 0.2) is 0 Å². The fraction of sp³-hybridized carbons (Fsp3) is 0.0909. The smallest absolute Gasteiger partial charge is 0.269 e. The summed E-state index contributed by atoms with van der Waals surface area (Å²) in [6, 6.07) is 18.5. The van der Waals surface area contributed by atoms with Gasteiger partial charge in [-0.15, -0.1) is 0 Å². The summed E-state index contributed by atoms with van der Waals surface area (Å²) in [5, 5.41) is 5.45. The molecule has 0 aliphatic heterocycles. The minimum absolute atomic E-state index is 0.285. The zero-order valence-electron chi connectivity index (χ0n) is 15.5. The number of aryl methyl sites for hydroxylation is 1. The molecule has 0 aliphatic carbocycles. The van der Waals surface area contributed by atoms with E-state index in [2.05, 4.69) is 16.2 Å². The van der Waals surface area contributed by atoms with Gasteiger partial charge < -0.3 is 10.7 Å². The molecule has 0 bridgehead atoms. The van der Waals surface area contributed by atoms with Crippen molar-refractivity contribution < 1.29 is 9.59 Å². The lowest BCUT2D eigenvalue weighted by atomic mass is 10.1. The molecule has 0 saturated heterocycles. The molecule has 0 unspecified atom stereocenters. The molecule has 0 aliphatic rings. The van der Waals surface area contributed by atoms with E-state index in [0.29, 0.717) is 22.0 Å². The van der Waals surface area contributed by atoms with Gasteiger partial charge in [-0.3, -0.25) is 15.0 Å². The van der Waals surface area contributed by atoms with E-state index in [9.17, 15) is 9.59 Å². The molecule has 28 heavy (non-hydrogen) atoms. The van der Waals surface area contributed by atoms with Crippen LogP contribution in [0.2, 0.25) is 5.02 Å². The van der Waals surface area contributed by atoms with Crippen LogP contribution in [0, 0.1) is 6.92 Å². The fourth-order valence-corrected chi connectivity index (χ4v) is 2.95. The molecular weight excluding hydrogens is 374 g/mol. The van der Waals surface area contributed by atoms with E-state index in [-0.39, 0.29) is 11.8 Å². The Labute approximate surface area is 168 Å². The summed E-state index contributed by atoms with van der Waals surface area (Å²) >= 11 is 5.92. The van der Waals surface area contributed by atoms with Crippen LogP contribution in [0.3, 0.4) is 0 Å². The van der Waals surface area contributed by atoms with Gasteiger partial charge in [-0.25, -0.2) is 0 Å². The highest BCUT2D eigenvalue weighted by Gasteiger charge is 2.07. The first-order valence-corrected chi connectivity index (χ1v) is 9.11. The summed E-state index contributed by atoms with van der Waals surface area (Å²) in [6.45, 7) is 3.55. The van der Waals surface area contributed by atoms with Crippen LogP contribution in [0.1, 0.15) is 22.8 Å². The second-order valence-corrected chi connectivity index (χ2v) is 6.85. The third kappa shape index (κ3) is 4.90. The maximum Gasteiger partial charge on any atom is 0.269 e. The van der Waals surface area contributed by atoms with Crippen molar-refractivity contribution in [2.45, 2.75) is 13.8 Å². The van der Waals surface area contributed by atoms with Gasteiger partial charge in [-0.05, 0) is 60.5 Å². The van der Waals surface area contributed by atoms with Crippen LogP contribution in [-0.2, 0) is 4.79 Å². The fourth-order valence-electron chi connectivity index (χ4n) is 2.73. The lowest BCUT2D eigenvalue weighted by Crippen LogP contribution is -2.36. The van der Waals surface area contributed by atoms with Gasteiger partial charge in [-0.2, -0.15) is 0 Å². The first-order chi connectivity index (χ1) is 13.4. The number of fused-ring (bicyclic) bond motifs is 1. The molecule has 0 spiro atoms. The first kappa shape index (κ1) is 19.5. The van der Waals surface area contributed by atoms with Crippen molar-refractivity contribution in [3.63, 3.8) is 0 Å². The highest BCUT2D eigenvalue weighted by Crippen LogP contribution is 2.19. The third-order valence-electron chi connectivity index (χ3n) is 4.18. The Morgan fingerprint density at radius 2 is 1.68 bits per heavy atom. The van der Waals surface area contributed by atoms with E-state index >= 15 is 0 Å². The molecule has 6 heteroatoms. The molecule has 0 saturated carbocycles. The number of carbonyl (C=O) groups excluding carboxylic acids is 2. The standard InChI is InChI=1S/C22H20ClN3O2/c1-14-11-19(23)9-10-20(14)24-21(27)12-15(2)25-26-22(28)18-8-7-16-5-3-4-6-17(16)13-18/h3-13,25H,1-2H3,(H,24,27)(H,26,28). The number of hydrazine groups is 1. The van der Waals surface area contributed by atoms with Gasteiger partial charge >= 0.3 is 0 Å². The number of halogens is 1. The van der Waals surface area contributed by atoms with E-state index in [1.165, 1.54) is 6.08 Å². The summed E-state index contributed by atoms with van der Waals surface area (Å²) in [5.41, 5.74) is 7.92. The third-order valence-corrected chi connectivity index (χ3v) is 4.41. The van der Waals surface area contributed by atoms with Crippen molar-refractivity contribution >= 4 is 39.9 Å². The average molecular weight is 394 g/mol. The highest BCUT2D eigenvalue weighted by molar-refractivity contribution is 6.30. The number of amides is 2. The van der Waals surface area contributed by atoms with Crippen LogP contribution in [0.5, 0.6) is 0 Å². The molecule has 0 heterocycles. The minimum atomic E-state index is -0.310. The number of benzene rings is 3. The molecule has 0 atom stereocenters. The van der Waals surface area contributed by atoms with Gasteiger partial charge in [0.1, 0.15) is 0 Å². The zero-order valence-corrected chi connectivity index (χ0v) is 16.3. The van der Waals surface area contributed by atoms with Crippen molar-refractivity contribution in [1.29, 1.82) is 0 Å². The summed E-state index contributed by atoms with van der Waals surface area (Å²) < 4.78 is 0. The maximum atomic E-state index is 12.3. The SMILES string of the molecule is CC(=CC(=O)Nc1ccc(Cl)cc1C)NNC(=O)c1ccc2ccccc2c1. The molecule has 3 N–H and O–H groups in total. The second kappa shape index (κ2) is 8.59. The Kier molecular flexibility index (Phi) is 5.96. The molecule has 2 amide bonds. The van der Waals surface area contributed by atoms with E-state index in [1.54, 1.807) is 31.2 Å². The molecule has 0 aromatic heterocycles. The zero-order chi connectivity index (χ0) is 20.1. The molecule has 5 nitrogen and oxygen atoms in total. The predicted octanol–water partition coefficient (Wildman–Crippen LogP) is 4.58. The summed E-state index contributed by atoms with van der Waals surface area (Å²) in [6.07, 6.45) is 1.37. The van der Waals surface area contributed by atoms with Crippen LogP contribution in [-0.4, -0.2) is 11.8 Å². The lowest BCUT2D eigenvalue weighted by molar-refractivity contribution is -0.112. The quantitative estimate of drug-likeness (QED) is 0.439. The number of anilines is 1. The minimum Gasteiger partial charge on any atom is -0.322 e.